The van der Waals surface area contributed by atoms with Crippen LogP contribution >= 0.6 is 11.6 Å². The second-order valence-corrected chi connectivity index (χ2v) is 4.49. The lowest BCUT2D eigenvalue weighted by Gasteiger charge is -2.33. The van der Waals surface area contributed by atoms with Crippen molar-refractivity contribution in [1.29, 1.82) is 0 Å². The molecule has 17 heavy (non-hydrogen) atoms. The average Bonchev–Trinajstić information content (AvgIpc) is 2.37. The maximum atomic E-state index is 13.4. The SMILES string of the molecule is C=C[C@@H](c1cccc(F)c1Cl)N1CCNCC1. The molecule has 4 heteroatoms. The number of nitrogens with zero attached hydrogens (tertiary/aromatic N) is 1. The highest BCUT2D eigenvalue weighted by Crippen LogP contribution is 2.30. The molecule has 1 atom stereocenters. The van der Waals surface area contributed by atoms with Crippen LogP contribution in [-0.4, -0.2) is 31.1 Å². The summed E-state index contributed by atoms with van der Waals surface area (Å²) in [7, 11) is 0. The third kappa shape index (κ3) is 2.68. The topological polar surface area (TPSA) is 15.3 Å². The van der Waals surface area contributed by atoms with Crippen molar-refractivity contribution in [3.63, 3.8) is 0 Å². The molecule has 1 aliphatic rings. The van der Waals surface area contributed by atoms with Gasteiger partial charge in [0.1, 0.15) is 5.82 Å². The van der Waals surface area contributed by atoms with Crippen molar-refractivity contribution in [2.24, 2.45) is 0 Å². The molecule has 1 N–H and O–H groups in total. The van der Waals surface area contributed by atoms with E-state index in [2.05, 4.69) is 16.8 Å². The zero-order valence-corrected chi connectivity index (χ0v) is 10.4. The van der Waals surface area contributed by atoms with Crippen molar-refractivity contribution in [1.82, 2.24) is 10.2 Å². The number of halogens is 2. The quantitative estimate of drug-likeness (QED) is 0.835. The van der Waals surface area contributed by atoms with E-state index in [1.54, 1.807) is 6.07 Å². The minimum atomic E-state index is -0.369. The highest BCUT2D eigenvalue weighted by molar-refractivity contribution is 6.31. The fourth-order valence-electron chi connectivity index (χ4n) is 2.18. The number of hydrogen-bond donors (Lipinski definition) is 1. The van der Waals surface area contributed by atoms with Crippen molar-refractivity contribution in [3.8, 4) is 0 Å². The predicted molar refractivity (Wildman–Crippen MR) is 68.8 cm³/mol. The molecular weight excluding hydrogens is 239 g/mol. The van der Waals surface area contributed by atoms with E-state index in [-0.39, 0.29) is 16.9 Å². The van der Waals surface area contributed by atoms with E-state index in [0.29, 0.717) is 0 Å². The summed E-state index contributed by atoms with van der Waals surface area (Å²) in [5.41, 5.74) is 0.795. The molecule has 0 bridgehead atoms. The van der Waals surface area contributed by atoms with Crippen molar-refractivity contribution in [2.75, 3.05) is 26.2 Å². The van der Waals surface area contributed by atoms with Gasteiger partial charge in [0.05, 0.1) is 11.1 Å². The second-order valence-electron chi connectivity index (χ2n) is 4.11. The van der Waals surface area contributed by atoms with Crippen LogP contribution in [0.4, 0.5) is 4.39 Å². The van der Waals surface area contributed by atoms with E-state index in [4.69, 9.17) is 11.6 Å². The molecule has 0 amide bonds. The van der Waals surface area contributed by atoms with Gasteiger partial charge in [0.25, 0.3) is 0 Å². The Kier molecular flexibility index (Phi) is 4.15. The Labute approximate surface area is 106 Å². The lowest BCUT2D eigenvalue weighted by Crippen LogP contribution is -2.44. The van der Waals surface area contributed by atoms with Gasteiger partial charge in [-0.25, -0.2) is 4.39 Å². The molecule has 1 fully saturated rings. The Morgan fingerprint density at radius 1 is 1.41 bits per heavy atom. The lowest BCUT2D eigenvalue weighted by atomic mass is 10.0. The first-order valence-corrected chi connectivity index (χ1v) is 6.13. The van der Waals surface area contributed by atoms with E-state index in [0.717, 1.165) is 31.7 Å². The van der Waals surface area contributed by atoms with Crippen LogP contribution < -0.4 is 5.32 Å². The summed E-state index contributed by atoms with van der Waals surface area (Å²) in [6.45, 7) is 7.56. The van der Waals surface area contributed by atoms with Gasteiger partial charge in [-0.15, -0.1) is 6.58 Å². The van der Waals surface area contributed by atoms with E-state index in [9.17, 15) is 4.39 Å². The largest absolute Gasteiger partial charge is 0.314 e. The first kappa shape index (κ1) is 12.6. The highest BCUT2D eigenvalue weighted by atomic mass is 35.5. The molecule has 1 saturated heterocycles. The molecule has 0 aromatic heterocycles. The maximum Gasteiger partial charge on any atom is 0.142 e. The van der Waals surface area contributed by atoms with Crippen LogP contribution in [0.15, 0.2) is 30.9 Å². The maximum absolute atomic E-state index is 13.4. The fourth-order valence-corrected chi connectivity index (χ4v) is 2.42. The van der Waals surface area contributed by atoms with E-state index >= 15 is 0 Å². The normalized spacial score (nSPS) is 18.9. The predicted octanol–water partition coefficient (Wildman–Crippen LogP) is 2.61. The van der Waals surface area contributed by atoms with Crippen LogP contribution in [0.25, 0.3) is 0 Å². The van der Waals surface area contributed by atoms with E-state index in [1.807, 2.05) is 12.1 Å². The molecule has 2 rings (SSSR count). The van der Waals surface area contributed by atoms with Gasteiger partial charge in [-0.1, -0.05) is 29.8 Å². The molecule has 1 aliphatic heterocycles. The van der Waals surface area contributed by atoms with Gasteiger partial charge in [0, 0.05) is 26.2 Å². The Bertz CT molecular complexity index is 402. The Morgan fingerprint density at radius 3 is 2.76 bits per heavy atom. The van der Waals surface area contributed by atoms with Gasteiger partial charge < -0.3 is 5.32 Å². The van der Waals surface area contributed by atoms with Crippen LogP contribution in [0.5, 0.6) is 0 Å². The van der Waals surface area contributed by atoms with Gasteiger partial charge in [-0.05, 0) is 11.6 Å². The van der Waals surface area contributed by atoms with Crippen molar-refractivity contribution in [3.05, 3.63) is 47.3 Å². The second kappa shape index (κ2) is 5.63. The van der Waals surface area contributed by atoms with Gasteiger partial charge in [-0.3, -0.25) is 4.90 Å². The van der Waals surface area contributed by atoms with Crippen molar-refractivity contribution in [2.45, 2.75) is 6.04 Å². The number of piperazine rings is 1. The first-order chi connectivity index (χ1) is 8.24. The third-order valence-corrected chi connectivity index (χ3v) is 3.47. The molecule has 0 saturated carbocycles. The average molecular weight is 255 g/mol. The van der Waals surface area contributed by atoms with Gasteiger partial charge >= 0.3 is 0 Å². The molecule has 0 aliphatic carbocycles. The number of hydrogen-bond acceptors (Lipinski definition) is 2. The minimum absolute atomic E-state index is 0.0136. The van der Waals surface area contributed by atoms with Crippen molar-refractivity contribution >= 4 is 11.6 Å². The Balaban J connectivity index is 2.27. The fraction of sp³-hybridized carbons (Fsp3) is 0.385. The number of benzene rings is 1. The lowest BCUT2D eigenvalue weighted by molar-refractivity contribution is 0.203. The van der Waals surface area contributed by atoms with Crippen LogP contribution in [-0.2, 0) is 0 Å². The van der Waals surface area contributed by atoms with E-state index in [1.165, 1.54) is 6.07 Å². The standard InChI is InChI=1S/C13H16ClFN2/c1-2-12(17-8-6-16-7-9-17)10-4-3-5-11(15)13(10)14/h2-5,12,16H,1,6-9H2/t12-/m0/s1. The molecule has 2 nitrogen and oxygen atoms in total. The van der Waals surface area contributed by atoms with Crippen LogP contribution in [0.1, 0.15) is 11.6 Å². The molecule has 1 aromatic carbocycles. The number of nitrogens with one attached hydrogen (secondary N) is 1. The molecule has 1 heterocycles. The summed E-state index contributed by atoms with van der Waals surface area (Å²) in [5.74, 6) is -0.369. The molecular formula is C13H16ClFN2. The molecule has 0 radical (unpaired) electrons. The monoisotopic (exact) mass is 254 g/mol. The number of rotatable bonds is 3. The van der Waals surface area contributed by atoms with Gasteiger partial charge in [0.2, 0.25) is 0 Å². The van der Waals surface area contributed by atoms with Crippen LogP contribution in [0, 0.1) is 5.82 Å². The first-order valence-electron chi connectivity index (χ1n) is 5.75. The van der Waals surface area contributed by atoms with E-state index < -0.39 is 0 Å². The molecule has 1 aromatic rings. The summed E-state index contributed by atoms with van der Waals surface area (Å²) >= 11 is 6.02. The summed E-state index contributed by atoms with van der Waals surface area (Å²) < 4.78 is 13.4. The summed E-state index contributed by atoms with van der Waals surface area (Å²) in [6, 6.07) is 4.92. The third-order valence-electron chi connectivity index (χ3n) is 3.07. The molecule has 0 spiro atoms. The summed E-state index contributed by atoms with van der Waals surface area (Å²) in [4.78, 5) is 2.25. The van der Waals surface area contributed by atoms with Gasteiger partial charge in [0.15, 0.2) is 0 Å². The Hall–Kier alpha value is -0.900. The Morgan fingerprint density at radius 2 is 2.12 bits per heavy atom. The van der Waals surface area contributed by atoms with Crippen LogP contribution in [0.2, 0.25) is 5.02 Å². The van der Waals surface area contributed by atoms with Crippen LogP contribution in [0.3, 0.4) is 0 Å². The highest BCUT2D eigenvalue weighted by Gasteiger charge is 2.22. The smallest absolute Gasteiger partial charge is 0.142 e. The summed E-state index contributed by atoms with van der Waals surface area (Å²) in [6.07, 6.45) is 1.83. The molecule has 0 unspecified atom stereocenters. The summed E-state index contributed by atoms with van der Waals surface area (Å²) in [5, 5.41) is 3.49. The molecule has 92 valence electrons. The van der Waals surface area contributed by atoms with Gasteiger partial charge in [-0.2, -0.15) is 0 Å². The van der Waals surface area contributed by atoms with Crippen molar-refractivity contribution < 1.29 is 4.39 Å². The zero-order valence-electron chi connectivity index (χ0n) is 9.63. The zero-order chi connectivity index (χ0) is 12.3. The minimum Gasteiger partial charge on any atom is -0.314 e.